The molecule has 2 aromatic carbocycles. The number of nitrogens with zero attached hydrogens (tertiary/aromatic N) is 4. The lowest BCUT2D eigenvalue weighted by Crippen LogP contribution is -2.32. The van der Waals surface area contributed by atoms with E-state index in [-0.39, 0.29) is 12.2 Å². The van der Waals surface area contributed by atoms with Crippen molar-refractivity contribution >= 4 is 40.4 Å². The summed E-state index contributed by atoms with van der Waals surface area (Å²) in [5.74, 6) is -0.407. The largest absolute Gasteiger partial charge is 0.416 e. The van der Waals surface area contributed by atoms with E-state index in [0.717, 1.165) is 22.6 Å². The van der Waals surface area contributed by atoms with E-state index in [9.17, 15) is 18.0 Å². The van der Waals surface area contributed by atoms with E-state index in [2.05, 4.69) is 10.3 Å². The third kappa shape index (κ3) is 3.72. The number of aromatic nitrogens is 3. The van der Waals surface area contributed by atoms with Gasteiger partial charge in [-0.25, -0.2) is 4.68 Å². The number of alkyl halides is 3. The Morgan fingerprint density at radius 1 is 1.03 bits per heavy atom. The first kappa shape index (κ1) is 19.8. The molecule has 3 heterocycles. The van der Waals surface area contributed by atoms with Crippen LogP contribution in [0.2, 0.25) is 0 Å². The van der Waals surface area contributed by atoms with Gasteiger partial charge >= 0.3 is 6.18 Å². The van der Waals surface area contributed by atoms with Crippen molar-refractivity contribution < 1.29 is 18.0 Å². The lowest BCUT2D eigenvalue weighted by Gasteiger charge is -2.31. The Labute approximate surface area is 183 Å². The third-order valence-electron chi connectivity index (χ3n) is 4.76. The minimum absolute atomic E-state index is 0.161. The molecule has 0 atom stereocenters. The number of carbonyl (C=O) groups excluding carboxylic acids is 1. The number of carbonyl (C=O) groups is 1. The van der Waals surface area contributed by atoms with Crippen molar-refractivity contribution in [1.82, 2.24) is 15.0 Å². The molecule has 0 unspecified atom stereocenters. The normalized spacial score (nSPS) is 13.1. The van der Waals surface area contributed by atoms with Crippen LogP contribution in [0.1, 0.15) is 5.56 Å². The Balaban J connectivity index is 1.52. The van der Waals surface area contributed by atoms with Gasteiger partial charge in [-0.3, -0.25) is 9.69 Å². The molecule has 10 heteroatoms. The van der Waals surface area contributed by atoms with E-state index in [4.69, 9.17) is 0 Å². The summed E-state index contributed by atoms with van der Waals surface area (Å²) in [4.78, 5) is 16.0. The van der Waals surface area contributed by atoms with Crippen LogP contribution in [0.4, 0.5) is 24.5 Å². The number of fused-ring (bicyclic) bond motifs is 2. The molecule has 156 valence electrons. The van der Waals surface area contributed by atoms with Gasteiger partial charge < -0.3 is 0 Å². The standard InChI is InChI=1S/C21H13F3N4OS2/c22-21(23,24)14-5-6-19-17(9-14)28(16-3-1-2-4-18(16)31-19)20(29)11-27-10-15(25-26-27)13-7-8-30-12-13/h1-10,12H,11H2. The Bertz CT molecular complexity index is 1270. The molecule has 0 bridgehead atoms. The Hall–Kier alpha value is -3.11. The first-order valence-corrected chi connectivity index (χ1v) is 10.9. The zero-order valence-electron chi connectivity index (χ0n) is 15.7. The topological polar surface area (TPSA) is 51.0 Å². The molecule has 0 aliphatic carbocycles. The maximum absolute atomic E-state index is 13.3. The van der Waals surface area contributed by atoms with Crippen LogP contribution >= 0.6 is 23.1 Å². The predicted molar refractivity (Wildman–Crippen MR) is 112 cm³/mol. The van der Waals surface area contributed by atoms with Crippen molar-refractivity contribution in [3.63, 3.8) is 0 Å². The first-order chi connectivity index (χ1) is 14.9. The molecule has 0 saturated carbocycles. The summed E-state index contributed by atoms with van der Waals surface area (Å²) in [5, 5.41) is 11.9. The summed E-state index contributed by atoms with van der Waals surface area (Å²) >= 11 is 2.86. The van der Waals surface area contributed by atoms with Gasteiger partial charge in [0.15, 0.2) is 0 Å². The monoisotopic (exact) mass is 458 g/mol. The fraction of sp³-hybridized carbons (Fsp3) is 0.0952. The summed E-state index contributed by atoms with van der Waals surface area (Å²) in [6, 6.07) is 12.5. The van der Waals surface area contributed by atoms with E-state index in [0.29, 0.717) is 16.3 Å². The molecule has 0 spiro atoms. The number of amides is 1. The van der Waals surface area contributed by atoms with E-state index < -0.39 is 17.6 Å². The van der Waals surface area contributed by atoms with E-state index in [1.807, 2.05) is 29.0 Å². The number of para-hydroxylation sites is 1. The van der Waals surface area contributed by atoms with Crippen molar-refractivity contribution in [3.05, 3.63) is 71.1 Å². The Morgan fingerprint density at radius 3 is 2.61 bits per heavy atom. The average Bonchev–Trinajstić information content (AvgIpc) is 3.42. The number of halogens is 3. The van der Waals surface area contributed by atoms with Crippen molar-refractivity contribution in [1.29, 1.82) is 0 Å². The lowest BCUT2D eigenvalue weighted by molar-refractivity contribution is -0.137. The summed E-state index contributed by atoms with van der Waals surface area (Å²) in [6.07, 6.45) is -2.86. The van der Waals surface area contributed by atoms with Gasteiger partial charge in [-0.2, -0.15) is 24.5 Å². The molecule has 0 saturated heterocycles. The molecule has 1 amide bonds. The zero-order valence-corrected chi connectivity index (χ0v) is 17.3. The Morgan fingerprint density at radius 2 is 1.84 bits per heavy atom. The highest BCUT2D eigenvalue weighted by Gasteiger charge is 2.35. The number of thiophene rings is 1. The van der Waals surface area contributed by atoms with E-state index >= 15 is 0 Å². The highest BCUT2D eigenvalue weighted by molar-refractivity contribution is 7.99. The minimum Gasteiger partial charge on any atom is -0.277 e. The maximum Gasteiger partial charge on any atom is 0.416 e. The molecular formula is C21H13F3N4OS2. The lowest BCUT2D eigenvalue weighted by atomic mass is 10.1. The molecule has 5 nitrogen and oxygen atoms in total. The van der Waals surface area contributed by atoms with Crippen LogP contribution in [-0.4, -0.2) is 20.9 Å². The second-order valence-electron chi connectivity index (χ2n) is 6.79. The van der Waals surface area contributed by atoms with Crippen LogP contribution in [0.5, 0.6) is 0 Å². The molecule has 1 aliphatic heterocycles. The van der Waals surface area contributed by atoms with Crippen LogP contribution in [0.3, 0.4) is 0 Å². The molecular weight excluding hydrogens is 445 g/mol. The third-order valence-corrected chi connectivity index (χ3v) is 6.57. The van der Waals surface area contributed by atoms with Crippen LogP contribution in [0.15, 0.2) is 75.3 Å². The molecule has 2 aromatic heterocycles. The van der Waals surface area contributed by atoms with Gasteiger partial charge in [0.05, 0.1) is 23.1 Å². The van der Waals surface area contributed by atoms with Crippen LogP contribution in [-0.2, 0) is 17.5 Å². The van der Waals surface area contributed by atoms with Crippen LogP contribution < -0.4 is 4.90 Å². The quantitative estimate of drug-likeness (QED) is 0.386. The summed E-state index contributed by atoms with van der Waals surface area (Å²) in [5.41, 5.74) is 1.47. The van der Waals surface area contributed by atoms with Crippen molar-refractivity contribution in [3.8, 4) is 11.3 Å². The summed E-state index contributed by atoms with van der Waals surface area (Å²) in [7, 11) is 0. The van der Waals surface area contributed by atoms with Gasteiger partial charge in [-0.1, -0.05) is 29.1 Å². The van der Waals surface area contributed by atoms with E-state index in [1.54, 1.807) is 18.3 Å². The van der Waals surface area contributed by atoms with E-state index in [1.165, 1.54) is 38.7 Å². The number of benzene rings is 2. The molecule has 0 fully saturated rings. The maximum atomic E-state index is 13.3. The van der Waals surface area contributed by atoms with Gasteiger partial charge in [0, 0.05) is 20.7 Å². The highest BCUT2D eigenvalue weighted by atomic mass is 32.2. The highest BCUT2D eigenvalue weighted by Crippen LogP contribution is 2.49. The smallest absolute Gasteiger partial charge is 0.277 e. The van der Waals surface area contributed by atoms with Gasteiger partial charge in [-0.15, -0.1) is 5.10 Å². The van der Waals surface area contributed by atoms with Gasteiger partial charge in [0.2, 0.25) is 0 Å². The van der Waals surface area contributed by atoms with Crippen LogP contribution in [0, 0.1) is 0 Å². The Kier molecular flexibility index (Phi) is 4.82. The van der Waals surface area contributed by atoms with Crippen molar-refractivity contribution in [2.75, 3.05) is 4.90 Å². The zero-order chi connectivity index (χ0) is 21.6. The number of hydrogen-bond donors (Lipinski definition) is 0. The summed E-state index contributed by atoms with van der Waals surface area (Å²) in [6.45, 7) is -0.161. The van der Waals surface area contributed by atoms with Gasteiger partial charge in [0.1, 0.15) is 12.2 Å². The van der Waals surface area contributed by atoms with Gasteiger partial charge in [0.25, 0.3) is 5.91 Å². The second-order valence-corrected chi connectivity index (χ2v) is 8.66. The number of rotatable bonds is 3. The second kappa shape index (κ2) is 7.54. The minimum atomic E-state index is -4.51. The van der Waals surface area contributed by atoms with Gasteiger partial charge in [-0.05, 0) is 41.8 Å². The van der Waals surface area contributed by atoms with Crippen LogP contribution in [0.25, 0.3) is 11.3 Å². The molecule has 0 radical (unpaired) electrons. The SMILES string of the molecule is O=C(Cn1cc(-c2ccsc2)nn1)N1c2ccccc2Sc2ccc(C(F)(F)F)cc21. The predicted octanol–water partition coefficient (Wildman–Crippen LogP) is 5.85. The molecule has 1 aliphatic rings. The number of anilines is 2. The molecule has 4 aromatic rings. The summed E-state index contributed by atoms with van der Waals surface area (Å²) < 4.78 is 41.4. The average molecular weight is 458 g/mol. The molecule has 31 heavy (non-hydrogen) atoms. The number of hydrogen-bond acceptors (Lipinski definition) is 5. The molecule has 5 rings (SSSR count). The molecule has 0 N–H and O–H groups in total. The first-order valence-electron chi connectivity index (χ1n) is 9.14. The van der Waals surface area contributed by atoms with Crippen molar-refractivity contribution in [2.24, 2.45) is 0 Å². The van der Waals surface area contributed by atoms with Crippen molar-refractivity contribution in [2.45, 2.75) is 22.5 Å². The fourth-order valence-corrected chi connectivity index (χ4v) is 5.02. The fourth-order valence-electron chi connectivity index (χ4n) is 3.33.